The van der Waals surface area contributed by atoms with Crippen molar-refractivity contribution in [3.05, 3.63) is 0 Å². The number of phosphoric ester groups is 2. The summed E-state index contributed by atoms with van der Waals surface area (Å²) in [6.07, 6.45) is 39.0. The molecule has 19 heteroatoms. The van der Waals surface area contributed by atoms with E-state index in [9.17, 15) is 43.2 Å². The van der Waals surface area contributed by atoms with Gasteiger partial charge < -0.3 is 33.8 Å². The van der Waals surface area contributed by atoms with Gasteiger partial charge in [-0.15, -0.1) is 0 Å². The number of ether oxygens (including phenoxy) is 4. The number of phosphoric acid groups is 2. The van der Waals surface area contributed by atoms with Gasteiger partial charge in [-0.25, -0.2) is 9.13 Å². The maximum absolute atomic E-state index is 13.0. The van der Waals surface area contributed by atoms with Gasteiger partial charge in [-0.2, -0.15) is 0 Å². The SMILES string of the molecule is CC(C)CCCCCCCCCCCCC(=O)OC[C@H](COP(=O)(O)OCC(O)COP(=O)(O)OC[C@@H](COC(=O)CCCCCCCCCCC(C)C)OC(=O)CCCCCCCCCCCC(C)C)OC(=O)CCCCCCCCCCC(C)C. The fraction of sp³-hybridized carbons (Fsp3) is 0.941. The second-order valence-corrected chi connectivity index (χ2v) is 29.4. The van der Waals surface area contributed by atoms with Crippen LogP contribution in [0.25, 0.3) is 0 Å². The van der Waals surface area contributed by atoms with Crippen LogP contribution < -0.4 is 0 Å². The summed E-state index contributed by atoms with van der Waals surface area (Å²) in [6.45, 7) is 14.0. The Morgan fingerprint density at radius 3 is 0.713 bits per heavy atom. The standard InChI is InChI=1S/C68H132O17P2/c1-58(2)44-36-28-20-12-9-10-14-24-32-40-48-65(70)78-54-64(85-68(73)51-43-35-27-19-17-23-31-39-47-61(7)8)57-83-87(76,77)81-53-62(69)52-80-86(74,75)82-56-63(55-79-66(71)49-41-33-25-18-16-22-30-38-46-60(5)6)84-67(72)50-42-34-26-15-11-13-21-29-37-45-59(3)4/h58-64,69H,9-57H2,1-8H3,(H,74,75)(H,76,77)/t62?,63-,64-/m1/s1. The maximum Gasteiger partial charge on any atom is 0.472 e. The quantitative estimate of drug-likeness (QED) is 0.0222. The number of aliphatic hydroxyl groups excluding tert-OH is 1. The van der Waals surface area contributed by atoms with E-state index in [4.69, 9.17) is 37.0 Å². The van der Waals surface area contributed by atoms with E-state index in [0.29, 0.717) is 25.7 Å². The maximum atomic E-state index is 13.0. The van der Waals surface area contributed by atoms with Gasteiger partial charge in [0.15, 0.2) is 12.2 Å². The van der Waals surface area contributed by atoms with Gasteiger partial charge in [0, 0.05) is 25.7 Å². The first-order chi connectivity index (χ1) is 41.6. The van der Waals surface area contributed by atoms with E-state index in [1.807, 2.05) is 0 Å². The third-order valence-corrected chi connectivity index (χ3v) is 17.5. The van der Waals surface area contributed by atoms with Gasteiger partial charge in [-0.1, -0.05) is 280 Å². The Morgan fingerprint density at radius 2 is 0.483 bits per heavy atom. The van der Waals surface area contributed by atoms with Gasteiger partial charge in [0.05, 0.1) is 26.4 Å². The summed E-state index contributed by atoms with van der Waals surface area (Å²) >= 11 is 0. The van der Waals surface area contributed by atoms with Crippen LogP contribution >= 0.6 is 15.6 Å². The first-order valence-electron chi connectivity index (χ1n) is 35.2. The predicted octanol–water partition coefficient (Wildman–Crippen LogP) is 18.9. The number of hydrogen-bond acceptors (Lipinski definition) is 15. The highest BCUT2D eigenvalue weighted by Crippen LogP contribution is 2.45. The van der Waals surface area contributed by atoms with E-state index in [-0.39, 0.29) is 25.7 Å². The summed E-state index contributed by atoms with van der Waals surface area (Å²) in [7, 11) is -9.90. The minimum Gasteiger partial charge on any atom is -0.462 e. The molecular weight excluding hydrogens is 1150 g/mol. The lowest BCUT2D eigenvalue weighted by molar-refractivity contribution is -0.161. The average molecular weight is 1280 g/mol. The van der Waals surface area contributed by atoms with E-state index >= 15 is 0 Å². The van der Waals surface area contributed by atoms with Crippen molar-refractivity contribution < 1.29 is 80.2 Å². The van der Waals surface area contributed by atoms with Gasteiger partial charge >= 0.3 is 39.5 Å². The smallest absolute Gasteiger partial charge is 0.462 e. The molecule has 87 heavy (non-hydrogen) atoms. The summed E-state index contributed by atoms with van der Waals surface area (Å²) in [4.78, 5) is 72.4. The van der Waals surface area contributed by atoms with Crippen LogP contribution in [0, 0.1) is 23.7 Å². The van der Waals surface area contributed by atoms with E-state index in [1.54, 1.807) is 0 Å². The zero-order chi connectivity index (χ0) is 64.7. The predicted molar refractivity (Wildman–Crippen MR) is 349 cm³/mol. The molecule has 5 atom stereocenters. The molecule has 0 spiro atoms. The van der Waals surface area contributed by atoms with Crippen LogP contribution in [0.4, 0.5) is 0 Å². The number of carbonyl (C=O) groups is 4. The van der Waals surface area contributed by atoms with E-state index in [2.05, 4.69) is 55.4 Å². The van der Waals surface area contributed by atoms with Crippen molar-refractivity contribution in [2.75, 3.05) is 39.6 Å². The molecular formula is C68H132O17P2. The molecule has 0 aromatic rings. The lowest BCUT2D eigenvalue weighted by Gasteiger charge is -2.21. The molecule has 3 unspecified atom stereocenters. The molecule has 0 heterocycles. The lowest BCUT2D eigenvalue weighted by Crippen LogP contribution is -2.30. The summed E-state index contributed by atoms with van der Waals surface area (Å²) in [5, 5.41) is 10.6. The zero-order valence-electron chi connectivity index (χ0n) is 56.6. The monoisotopic (exact) mass is 1280 g/mol. The van der Waals surface area contributed by atoms with Crippen LogP contribution in [0.15, 0.2) is 0 Å². The summed E-state index contributed by atoms with van der Waals surface area (Å²) in [5.41, 5.74) is 0. The number of hydrogen-bond donors (Lipinski definition) is 3. The molecule has 0 bridgehead atoms. The molecule has 0 saturated carbocycles. The van der Waals surface area contributed by atoms with Gasteiger partial charge in [0.2, 0.25) is 0 Å². The number of unbranched alkanes of at least 4 members (excludes halogenated alkanes) is 31. The molecule has 0 radical (unpaired) electrons. The molecule has 17 nitrogen and oxygen atoms in total. The molecule has 0 fully saturated rings. The molecule has 516 valence electrons. The van der Waals surface area contributed by atoms with Gasteiger partial charge in [-0.3, -0.25) is 37.3 Å². The van der Waals surface area contributed by atoms with Crippen molar-refractivity contribution in [3.8, 4) is 0 Å². The summed E-state index contributed by atoms with van der Waals surface area (Å²) in [6, 6.07) is 0. The molecule has 3 N–H and O–H groups in total. The third-order valence-electron chi connectivity index (χ3n) is 15.6. The minimum absolute atomic E-state index is 0.104. The minimum atomic E-state index is -4.95. The highest BCUT2D eigenvalue weighted by molar-refractivity contribution is 7.47. The topological polar surface area (TPSA) is 237 Å². The Bertz CT molecular complexity index is 1730. The Labute approximate surface area is 530 Å². The molecule has 0 aromatic carbocycles. The molecule has 0 aliphatic heterocycles. The Morgan fingerprint density at radius 1 is 0.287 bits per heavy atom. The van der Waals surface area contributed by atoms with Crippen molar-refractivity contribution >= 4 is 39.5 Å². The highest BCUT2D eigenvalue weighted by Gasteiger charge is 2.30. The number of esters is 4. The average Bonchev–Trinajstić information content (AvgIpc) is 3.67. The molecule has 0 saturated heterocycles. The first kappa shape index (κ1) is 85.1. The lowest BCUT2D eigenvalue weighted by atomic mass is 10.0. The van der Waals surface area contributed by atoms with Crippen LogP contribution in [0.1, 0.15) is 331 Å². The van der Waals surface area contributed by atoms with Gasteiger partial charge in [0.1, 0.15) is 19.3 Å². The number of rotatable bonds is 65. The second-order valence-electron chi connectivity index (χ2n) is 26.5. The van der Waals surface area contributed by atoms with Crippen molar-refractivity contribution in [1.29, 1.82) is 0 Å². The Kier molecular flexibility index (Phi) is 56.6. The van der Waals surface area contributed by atoms with Gasteiger partial charge in [-0.05, 0) is 49.4 Å². The van der Waals surface area contributed by atoms with E-state index < -0.39 is 97.5 Å². The van der Waals surface area contributed by atoms with Crippen LogP contribution in [0.2, 0.25) is 0 Å². The molecule has 0 aliphatic carbocycles. The first-order valence-corrected chi connectivity index (χ1v) is 38.2. The normalized spacial score (nSPS) is 14.3. The van der Waals surface area contributed by atoms with Crippen LogP contribution in [-0.4, -0.2) is 96.7 Å². The highest BCUT2D eigenvalue weighted by atomic mass is 31.2. The largest absolute Gasteiger partial charge is 0.472 e. The van der Waals surface area contributed by atoms with Crippen molar-refractivity contribution in [3.63, 3.8) is 0 Å². The van der Waals surface area contributed by atoms with E-state index in [0.717, 1.165) is 114 Å². The molecule has 0 rings (SSSR count). The fourth-order valence-electron chi connectivity index (χ4n) is 10.1. The second kappa shape index (κ2) is 57.9. The Hall–Kier alpha value is -1.94. The molecule has 0 aromatic heterocycles. The number of carbonyl (C=O) groups excluding carboxylic acids is 4. The summed E-state index contributed by atoms with van der Waals surface area (Å²) < 4.78 is 68.2. The van der Waals surface area contributed by atoms with E-state index in [1.165, 1.54) is 135 Å². The zero-order valence-corrected chi connectivity index (χ0v) is 58.4. The van der Waals surface area contributed by atoms with Crippen molar-refractivity contribution in [2.45, 2.75) is 350 Å². The third kappa shape index (κ3) is 62.6. The molecule has 0 aliphatic rings. The number of aliphatic hydroxyl groups is 1. The van der Waals surface area contributed by atoms with Gasteiger partial charge in [0.25, 0.3) is 0 Å². The molecule has 0 amide bonds. The van der Waals surface area contributed by atoms with Crippen LogP contribution in [0.5, 0.6) is 0 Å². The fourth-order valence-corrected chi connectivity index (χ4v) is 11.7. The van der Waals surface area contributed by atoms with Crippen LogP contribution in [0.3, 0.4) is 0 Å². The Balaban J connectivity index is 5.26. The van der Waals surface area contributed by atoms with Crippen molar-refractivity contribution in [1.82, 2.24) is 0 Å². The van der Waals surface area contributed by atoms with Crippen LogP contribution in [-0.2, 0) is 65.4 Å². The van der Waals surface area contributed by atoms with Crippen molar-refractivity contribution in [2.24, 2.45) is 23.7 Å². The summed E-state index contributed by atoms with van der Waals surface area (Å²) in [5.74, 6) is 0.805.